The van der Waals surface area contributed by atoms with Crippen LogP contribution in [0.5, 0.6) is 0 Å². The standard InChI is InChI=1S/C15H13N3OS2/c1-10(11-4-2-6-16-8-11)17-14(19)12-9-21-15(18-12)13-5-3-7-20-13/h2-10H,1H3,(H,17,19). The normalized spacial score (nSPS) is 12.0. The van der Waals surface area contributed by atoms with Crippen LogP contribution in [-0.2, 0) is 0 Å². The Kier molecular flexibility index (Phi) is 4.08. The second-order valence-corrected chi connectivity index (χ2v) is 6.30. The highest BCUT2D eigenvalue weighted by molar-refractivity contribution is 7.20. The highest BCUT2D eigenvalue weighted by Gasteiger charge is 2.15. The summed E-state index contributed by atoms with van der Waals surface area (Å²) in [5.74, 6) is -0.162. The van der Waals surface area contributed by atoms with Gasteiger partial charge in [0.2, 0.25) is 0 Å². The van der Waals surface area contributed by atoms with Gasteiger partial charge in [-0.15, -0.1) is 22.7 Å². The first-order valence-corrected chi connectivity index (χ1v) is 8.20. The van der Waals surface area contributed by atoms with Crippen LogP contribution in [0.3, 0.4) is 0 Å². The average molecular weight is 315 g/mol. The predicted octanol–water partition coefficient (Wildman–Crippen LogP) is 3.76. The lowest BCUT2D eigenvalue weighted by molar-refractivity contribution is 0.0935. The van der Waals surface area contributed by atoms with Crippen LogP contribution in [0.2, 0.25) is 0 Å². The van der Waals surface area contributed by atoms with E-state index < -0.39 is 0 Å². The van der Waals surface area contributed by atoms with Gasteiger partial charge in [-0.2, -0.15) is 0 Å². The van der Waals surface area contributed by atoms with Crippen LogP contribution < -0.4 is 5.32 Å². The number of hydrogen-bond acceptors (Lipinski definition) is 5. The quantitative estimate of drug-likeness (QED) is 0.797. The van der Waals surface area contributed by atoms with Gasteiger partial charge in [0.05, 0.1) is 10.9 Å². The summed E-state index contributed by atoms with van der Waals surface area (Å²) in [4.78, 5) is 21.8. The van der Waals surface area contributed by atoms with E-state index in [1.165, 1.54) is 11.3 Å². The Labute approximate surface area is 130 Å². The number of nitrogens with zero attached hydrogens (tertiary/aromatic N) is 2. The van der Waals surface area contributed by atoms with Crippen molar-refractivity contribution >= 4 is 28.6 Å². The molecule has 0 fully saturated rings. The minimum Gasteiger partial charge on any atom is -0.344 e. The molecule has 0 radical (unpaired) electrons. The van der Waals surface area contributed by atoms with E-state index in [0.717, 1.165) is 15.4 Å². The van der Waals surface area contributed by atoms with Gasteiger partial charge in [0, 0.05) is 17.8 Å². The summed E-state index contributed by atoms with van der Waals surface area (Å²) in [6.07, 6.45) is 3.47. The molecule has 3 rings (SSSR count). The summed E-state index contributed by atoms with van der Waals surface area (Å²) in [5.41, 5.74) is 1.43. The van der Waals surface area contributed by atoms with Crippen LogP contribution in [-0.4, -0.2) is 15.9 Å². The molecule has 6 heteroatoms. The molecule has 0 aromatic carbocycles. The molecule has 1 atom stereocenters. The van der Waals surface area contributed by atoms with E-state index in [1.807, 2.05) is 36.6 Å². The van der Waals surface area contributed by atoms with E-state index in [1.54, 1.807) is 29.1 Å². The first-order chi connectivity index (χ1) is 10.2. The number of nitrogens with one attached hydrogen (secondary N) is 1. The number of carbonyl (C=O) groups excluding carboxylic acids is 1. The molecule has 4 nitrogen and oxygen atoms in total. The molecule has 0 aliphatic carbocycles. The number of amides is 1. The maximum Gasteiger partial charge on any atom is 0.271 e. The Morgan fingerprint density at radius 1 is 1.29 bits per heavy atom. The van der Waals surface area contributed by atoms with Gasteiger partial charge in [0.15, 0.2) is 0 Å². The molecular formula is C15H13N3OS2. The molecule has 3 heterocycles. The number of thiophene rings is 1. The van der Waals surface area contributed by atoms with Gasteiger partial charge in [-0.3, -0.25) is 9.78 Å². The zero-order chi connectivity index (χ0) is 14.7. The Balaban J connectivity index is 1.71. The summed E-state index contributed by atoms with van der Waals surface area (Å²) in [7, 11) is 0. The SMILES string of the molecule is CC(NC(=O)c1csc(-c2cccs2)n1)c1cccnc1. The van der Waals surface area contributed by atoms with Crippen molar-refractivity contribution in [3.8, 4) is 9.88 Å². The molecular weight excluding hydrogens is 302 g/mol. The van der Waals surface area contributed by atoms with Gasteiger partial charge in [0.25, 0.3) is 5.91 Å². The van der Waals surface area contributed by atoms with Crippen molar-refractivity contribution in [2.45, 2.75) is 13.0 Å². The third-order valence-electron chi connectivity index (χ3n) is 3.00. The van der Waals surface area contributed by atoms with E-state index in [9.17, 15) is 4.79 Å². The highest BCUT2D eigenvalue weighted by Crippen LogP contribution is 2.27. The lowest BCUT2D eigenvalue weighted by Crippen LogP contribution is -2.26. The Morgan fingerprint density at radius 3 is 2.90 bits per heavy atom. The number of pyridine rings is 1. The molecule has 3 aromatic rings. The van der Waals surface area contributed by atoms with Crippen molar-refractivity contribution < 1.29 is 4.79 Å². The first-order valence-electron chi connectivity index (χ1n) is 6.44. The van der Waals surface area contributed by atoms with E-state index in [2.05, 4.69) is 15.3 Å². The fourth-order valence-electron chi connectivity index (χ4n) is 1.88. The molecule has 0 bridgehead atoms. The summed E-state index contributed by atoms with van der Waals surface area (Å²) in [5, 5.41) is 7.61. The van der Waals surface area contributed by atoms with Crippen LogP contribution in [0, 0.1) is 0 Å². The zero-order valence-electron chi connectivity index (χ0n) is 11.3. The van der Waals surface area contributed by atoms with Gasteiger partial charge in [-0.25, -0.2) is 4.98 Å². The van der Waals surface area contributed by atoms with E-state index >= 15 is 0 Å². The monoisotopic (exact) mass is 315 g/mol. The summed E-state index contributed by atoms with van der Waals surface area (Å²) in [6.45, 7) is 1.93. The molecule has 0 aliphatic heterocycles. The lowest BCUT2D eigenvalue weighted by atomic mass is 10.1. The molecule has 1 N–H and O–H groups in total. The van der Waals surface area contributed by atoms with Crippen molar-refractivity contribution in [3.63, 3.8) is 0 Å². The number of rotatable bonds is 4. The van der Waals surface area contributed by atoms with Crippen molar-refractivity contribution in [2.75, 3.05) is 0 Å². The van der Waals surface area contributed by atoms with Gasteiger partial charge in [-0.05, 0) is 30.0 Å². The third-order valence-corrected chi connectivity index (χ3v) is 4.88. The van der Waals surface area contributed by atoms with Gasteiger partial charge in [0.1, 0.15) is 10.7 Å². The average Bonchev–Trinajstić information content (AvgIpc) is 3.19. The minimum absolute atomic E-state index is 0.0990. The Bertz CT molecular complexity index is 722. The Hall–Kier alpha value is -2.05. The fourth-order valence-corrected chi connectivity index (χ4v) is 3.49. The zero-order valence-corrected chi connectivity index (χ0v) is 12.9. The third kappa shape index (κ3) is 3.17. The smallest absolute Gasteiger partial charge is 0.271 e. The molecule has 106 valence electrons. The van der Waals surface area contributed by atoms with Gasteiger partial charge < -0.3 is 5.32 Å². The van der Waals surface area contributed by atoms with Crippen LogP contribution in [0.4, 0.5) is 0 Å². The maximum atomic E-state index is 12.2. The molecule has 1 unspecified atom stereocenters. The summed E-state index contributed by atoms with van der Waals surface area (Å²) < 4.78 is 0. The van der Waals surface area contributed by atoms with Crippen molar-refractivity contribution in [3.05, 3.63) is 58.7 Å². The highest BCUT2D eigenvalue weighted by atomic mass is 32.1. The predicted molar refractivity (Wildman–Crippen MR) is 85.5 cm³/mol. The second-order valence-electron chi connectivity index (χ2n) is 4.50. The molecule has 0 saturated heterocycles. The van der Waals surface area contributed by atoms with Crippen LogP contribution in [0.25, 0.3) is 9.88 Å². The lowest BCUT2D eigenvalue weighted by Gasteiger charge is -2.12. The summed E-state index contributed by atoms with van der Waals surface area (Å²) >= 11 is 3.10. The maximum absolute atomic E-state index is 12.2. The largest absolute Gasteiger partial charge is 0.344 e. The van der Waals surface area contributed by atoms with Gasteiger partial charge in [-0.1, -0.05) is 12.1 Å². The van der Waals surface area contributed by atoms with Crippen molar-refractivity contribution in [1.82, 2.24) is 15.3 Å². The van der Waals surface area contributed by atoms with Crippen molar-refractivity contribution in [1.29, 1.82) is 0 Å². The number of aromatic nitrogens is 2. The van der Waals surface area contributed by atoms with Crippen LogP contribution in [0.15, 0.2) is 47.4 Å². The minimum atomic E-state index is -0.162. The van der Waals surface area contributed by atoms with E-state index in [-0.39, 0.29) is 11.9 Å². The molecule has 1 amide bonds. The molecule has 0 saturated carbocycles. The number of carbonyl (C=O) groups is 1. The van der Waals surface area contributed by atoms with Crippen molar-refractivity contribution in [2.24, 2.45) is 0 Å². The van der Waals surface area contributed by atoms with E-state index in [0.29, 0.717) is 5.69 Å². The first kappa shape index (κ1) is 13.9. The number of hydrogen-bond donors (Lipinski definition) is 1. The molecule has 0 spiro atoms. The van der Waals surface area contributed by atoms with Crippen LogP contribution in [0.1, 0.15) is 29.0 Å². The fraction of sp³-hybridized carbons (Fsp3) is 0.133. The number of thiazole rings is 1. The molecule has 3 aromatic heterocycles. The topological polar surface area (TPSA) is 54.9 Å². The van der Waals surface area contributed by atoms with Crippen LogP contribution >= 0.6 is 22.7 Å². The summed E-state index contributed by atoms with van der Waals surface area (Å²) in [6, 6.07) is 7.68. The second kappa shape index (κ2) is 6.15. The Morgan fingerprint density at radius 2 is 2.19 bits per heavy atom. The van der Waals surface area contributed by atoms with Gasteiger partial charge >= 0.3 is 0 Å². The molecule has 0 aliphatic rings. The molecule has 21 heavy (non-hydrogen) atoms. The van der Waals surface area contributed by atoms with E-state index in [4.69, 9.17) is 0 Å².